The van der Waals surface area contributed by atoms with Gasteiger partial charge in [-0.3, -0.25) is 4.79 Å². The summed E-state index contributed by atoms with van der Waals surface area (Å²) in [5, 5.41) is 12.0. The fourth-order valence-corrected chi connectivity index (χ4v) is 2.74. The van der Waals surface area contributed by atoms with Gasteiger partial charge >= 0.3 is 0 Å². The zero-order chi connectivity index (χ0) is 15.4. The van der Waals surface area contributed by atoms with Crippen LogP contribution in [0.3, 0.4) is 0 Å². The summed E-state index contributed by atoms with van der Waals surface area (Å²) in [4.78, 5) is 16.7. The van der Waals surface area contributed by atoms with Gasteiger partial charge in [-0.2, -0.15) is 0 Å². The van der Waals surface area contributed by atoms with E-state index in [0.29, 0.717) is 5.56 Å². The van der Waals surface area contributed by atoms with Crippen molar-refractivity contribution >= 4 is 22.9 Å². The normalized spacial score (nSPS) is 12.0. The number of benzene rings is 1. The summed E-state index contributed by atoms with van der Waals surface area (Å²) < 4.78 is 0. The quantitative estimate of drug-likeness (QED) is 0.923. The molecule has 1 unspecified atom stereocenters. The average molecular weight is 304 g/mol. The van der Waals surface area contributed by atoms with Crippen molar-refractivity contribution in [2.24, 2.45) is 0 Å². The van der Waals surface area contributed by atoms with Gasteiger partial charge in [0.15, 0.2) is 0 Å². The molecule has 112 valence electrons. The lowest BCUT2D eigenvalue weighted by atomic mass is 10.1. The van der Waals surface area contributed by atoms with Gasteiger partial charge in [-0.15, -0.1) is 11.3 Å². The van der Waals surface area contributed by atoms with Crippen LogP contribution in [0.1, 0.15) is 21.3 Å². The van der Waals surface area contributed by atoms with Crippen molar-refractivity contribution in [3.8, 4) is 0 Å². The van der Waals surface area contributed by atoms with Gasteiger partial charge < -0.3 is 14.9 Å². The Morgan fingerprint density at radius 3 is 2.38 bits per heavy atom. The van der Waals surface area contributed by atoms with Gasteiger partial charge in [-0.05, 0) is 35.7 Å². The Morgan fingerprint density at radius 1 is 1.19 bits per heavy atom. The molecular weight excluding hydrogens is 284 g/mol. The van der Waals surface area contributed by atoms with E-state index < -0.39 is 6.10 Å². The second-order valence-corrected chi connectivity index (χ2v) is 6.14. The number of carbonyl (C=O) groups excluding carboxylic acids is 1. The van der Waals surface area contributed by atoms with Crippen LogP contribution in [0.25, 0.3) is 0 Å². The van der Waals surface area contributed by atoms with Crippen LogP contribution in [0.4, 0.5) is 5.69 Å². The van der Waals surface area contributed by atoms with Gasteiger partial charge in [-0.1, -0.05) is 6.07 Å². The van der Waals surface area contributed by atoms with Crippen molar-refractivity contribution in [3.63, 3.8) is 0 Å². The Kier molecular flexibility index (Phi) is 4.98. The fourth-order valence-electron chi connectivity index (χ4n) is 2.04. The van der Waals surface area contributed by atoms with Crippen molar-refractivity contribution in [2.75, 3.05) is 32.6 Å². The van der Waals surface area contributed by atoms with Crippen molar-refractivity contribution in [3.05, 3.63) is 52.2 Å². The number of rotatable bonds is 5. The number of amides is 1. The molecular formula is C16H20N2O2S. The summed E-state index contributed by atoms with van der Waals surface area (Å²) in [6, 6.07) is 11.2. The van der Waals surface area contributed by atoms with Gasteiger partial charge in [-0.25, -0.2) is 0 Å². The van der Waals surface area contributed by atoms with Crippen LogP contribution in [0, 0.1) is 0 Å². The molecule has 5 heteroatoms. The number of hydrogen-bond acceptors (Lipinski definition) is 4. The van der Waals surface area contributed by atoms with E-state index in [1.54, 1.807) is 11.9 Å². The number of anilines is 1. The molecule has 1 aromatic heterocycles. The second kappa shape index (κ2) is 6.74. The summed E-state index contributed by atoms with van der Waals surface area (Å²) in [5.74, 6) is -0.0871. The fraction of sp³-hybridized carbons (Fsp3) is 0.312. The summed E-state index contributed by atoms with van der Waals surface area (Å²) in [6.45, 7) is 0.286. The van der Waals surface area contributed by atoms with E-state index in [4.69, 9.17) is 0 Å². The maximum atomic E-state index is 12.3. The topological polar surface area (TPSA) is 43.8 Å². The molecule has 1 heterocycles. The molecule has 2 aromatic rings. The summed E-state index contributed by atoms with van der Waals surface area (Å²) in [6.07, 6.45) is -0.639. The highest BCUT2D eigenvalue weighted by Crippen LogP contribution is 2.20. The molecule has 0 saturated carbocycles. The van der Waals surface area contributed by atoms with Crippen molar-refractivity contribution in [2.45, 2.75) is 6.10 Å². The number of hydrogen-bond donors (Lipinski definition) is 1. The highest BCUT2D eigenvalue weighted by Gasteiger charge is 2.17. The molecule has 1 aromatic carbocycles. The second-order valence-electron chi connectivity index (χ2n) is 5.16. The molecule has 0 aliphatic carbocycles. The average Bonchev–Trinajstić information content (AvgIpc) is 3.00. The molecule has 1 atom stereocenters. The van der Waals surface area contributed by atoms with Gasteiger partial charge in [0.05, 0.1) is 6.54 Å². The number of aliphatic hydroxyl groups excluding tert-OH is 1. The first kappa shape index (κ1) is 15.5. The van der Waals surface area contributed by atoms with E-state index >= 15 is 0 Å². The maximum Gasteiger partial charge on any atom is 0.253 e. The van der Waals surface area contributed by atoms with Crippen LogP contribution < -0.4 is 4.90 Å². The van der Waals surface area contributed by atoms with Gasteiger partial charge in [0, 0.05) is 37.3 Å². The van der Waals surface area contributed by atoms with Crippen LogP contribution in [0.5, 0.6) is 0 Å². The first-order chi connectivity index (χ1) is 9.99. The predicted octanol–water partition coefficient (Wildman–Crippen LogP) is 2.62. The third-order valence-corrected chi connectivity index (χ3v) is 4.27. The Balaban J connectivity index is 2.01. The zero-order valence-corrected chi connectivity index (χ0v) is 13.3. The summed E-state index contributed by atoms with van der Waals surface area (Å²) >= 11 is 1.49. The van der Waals surface area contributed by atoms with Crippen LogP contribution in [0.15, 0.2) is 41.8 Å². The Hall–Kier alpha value is -1.85. The Bertz CT molecular complexity index is 579. The number of aliphatic hydroxyl groups is 1. The monoisotopic (exact) mass is 304 g/mol. The minimum absolute atomic E-state index is 0.0871. The maximum absolute atomic E-state index is 12.3. The third kappa shape index (κ3) is 3.83. The standard InChI is InChI=1S/C16H20N2O2S/c1-17(2)13-8-6-12(7-9-13)16(20)18(3)11-14(19)15-5-4-10-21-15/h4-10,14,19H,11H2,1-3H3. The first-order valence-electron chi connectivity index (χ1n) is 6.73. The van der Waals surface area contributed by atoms with E-state index in [-0.39, 0.29) is 12.5 Å². The molecule has 0 radical (unpaired) electrons. The molecule has 0 saturated heterocycles. The van der Waals surface area contributed by atoms with Crippen LogP contribution in [0.2, 0.25) is 0 Å². The van der Waals surface area contributed by atoms with Crippen LogP contribution >= 0.6 is 11.3 Å². The minimum Gasteiger partial charge on any atom is -0.386 e. The molecule has 2 rings (SSSR count). The molecule has 1 amide bonds. The van der Waals surface area contributed by atoms with E-state index in [9.17, 15) is 9.90 Å². The van der Waals surface area contributed by atoms with Crippen molar-refractivity contribution in [1.29, 1.82) is 0 Å². The highest BCUT2D eigenvalue weighted by molar-refractivity contribution is 7.10. The predicted molar refractivity (Wildman–Crippen MR) is 87.0 cm³/mol. The molecule has 0 aliphatic rings. The lowest BCUT2D eigenvalue weighted by molar-refractivity contribution is 0.0685. The Labute approximate surface area is 129 Å². The highest BCUT2D eigenvalue weighted by atomic mass is 32.1. The molecule has 0 spiro atoms. The molecule has 4 nitrogen and oxygen atoms in total. The van der Waals surface area contributed by atoms with E-state index in [2.05, 4.69) is 0 Å². The molecule has 21 heavy (non-hydrogen) atoms. The number of thiophene rings is 1. The van der Waals surface area contributed by atoms with E-state index in [1.165, 1.54) is 11.3 Å². The lowest BCUT2D eigenvalue weighted by Gasteiger charge is -2.21. The lowest BCUT2D eigenvalue weighted by Crippen LogP contribution is -2.30. The van der Waals surface area contributed by atoms with Crippen LogP contribution in [-0.4, -0.2) is 43.6 Å². The first-order valence-corrected chi connectivity index (χ1v) is 7.61. The molecule has 0 bridgehead atoms. The molecule has 0 fully saturated rings. The third-order valence-electron chi connectivity index (χ3n) is 3.30. The van der Waals surface area contributed by atoms with E-state index in [1.807, 2.05) is 60.8 Å². The SMILES string of the molecule is CN(CC(O)c1cccs1)C(=O)c1ccc(N(C)C)cc1. The van der Waals surface area contributed by atoms with Crippen molar-refractivity contribution in [1.82, 2.24) is 4.90 Å². The zero-order valence-electron chi connectivity index (χ0n) is 12.5. The van der Waals surface area contributed by atoms with E-state index in [0.717, 1.165) is 10.6 Å². The van der Waals surface area contributed by atoms with Crippen LogP contribution in [-0.2, 0) is 0 Å². The van der Waals surface area contributed by atoms with Crippen molar-refractivity contribution < 1.29 is 9.90 Å². The minimum atomic E-state index is -0.639. The number of carbonyl (C=O) groups is 1. The summed E-state index contributed by atoms with van der Waals surface area (Å²) in [5.41, 5.74) is 1.68. The smallest absolute Gasteiger partial charge is 0.253 e. The molecule has 0 aliphatic heterocycles. The Morgan fingerprint density at radius 2 is 1.86 bits per heavy atom. The summed E-state index contributed by atoms with van der Waals surface area (Å²) in [7, 11) is 5.62. The molecule has 1 N–H and O–H groups in total. The number of nitrogens with zero attached hydrogens (tertiary/aromatic N) is 2. The van der Waals surface area contributed by atoms with Gasteiger partial charge in [0.25, 0.3) is 5.91 Å². The van der Waals surface area contributed by atoms with Gasteiger partial charge in [0.1, 0.15) is 6.10 Å². The largest absolute Gasteiger partial charge is 0.386 e. The number of likely N-dealkylation sites (N-methyl/N-ethyl adjacent to an activating group) is 1. The van der Waals surface area contributed by atoms with Gasteiger partial charge in [0.2, 0.25) is 0 Å².